The number of amides is 1. The van der Waals surface area contributed by atoms with Gasteiger partial charge in [-0.1, -0.05) is 6.07 Å². The first kappa shape index (κ1) is 18.6. The number of nitrogens with zero attached hydrogens (tertiary/aromatic N) is 1. The molecular formula is C21H24N2O5. The van der Waals surface area contributed by atoms with E-state index in [0.717, 1.165) is 30.0 Å². The maximum absolute atomic E-state index is 12.5. The van der Waals surface area contributed by atoms with Crippen LogP contribution in [0.3, 0.4) is 0 Å². The van der Waals surface area contributed by atoms with E-state index in [4.69, 9.17) is 9.47 Å². The van der Waals surface area contributed by atoms with Gasteiger partial charge in [0.2, 0.25) is 6.79 Å². The standard InChI is InChI=1S/C21H24N2O5/c24-16-6-4-15(5-7-16)21(26)22-17-12-23(9-1-2-18(17)25)11-14-3-8-19-20(10-14)28-13-27-19/h3-8,10,17-18,24-25H,1-2,9,11-13H2,(H,22,26)/t17-,18-/m1/s1. The molecule has 0 saturated carbocycles. The van der Waals surface area contributed by atoms with Crippen LogP contribution in [-0.2, 0) is 6.54 Å². The molecule has 0 unspecified atom stereocenters. The SMILES string of the molecule is O=C(N[C@@H]1CN(Cc2ccc3c(c2)OCO3)CCC[C@H]1O)c1ccc(O)cc1. The summed E-state index contributed by atoms with van der Waals surface area (Å²) < 4.78 is 10.8. The van der Waals surface area contributed by atoms with Crippen molar-refractivity contribution in [1.29, 1.82) is 0 Å². The second kappa shape index (κ2) is 8.08. The fourth-order valence-electron chi connectivity index (χ4n) is 3.66. The number of nitrogens with one attached hydrogen (secondary N) is 1. The Morgan fingerprint density at radius 3 is 2.75 bits per heavy atom. The van der Waals surface area contributed by atoms with Crippen LogP contribution < -0.4 is 14.8 Å². The second-order valence-corrected chi connectivity index (χ2v) is 7.26. The summed E-state index contributed by atoms with van der Waals surface area (Å²) in [6, 6.07) is 11.6. The summed E-state index contributed by atoms with van der Waals surface area (Å²) in [4.78, 5) is 14.8. The molecule has 7 heteroatoms. The smallest absolute Gasteiger partial charge is 0.251 e. The van der Waals surface area contributed by atoms with Crippen molar-refractivity contribution in [2.75, 3.05) is 19.9 Å². The number of hydrogen-bond acceptors (Lipinski definition) is 6. The minimum absolute atomic E-state index is 0.112. The van der Waals surface area contributed by atoms with Gasteiger partial charge in [0, 0.05) is 18.7 Å². The number of carbonyl (C=O) groups excluding carboxylic acids is 1. The summed E-state index contributed by atoms with van der Waals surface area (Å²) in [5.41, 5.74) is 1.56. The van der Waals surface area contributed by atoms with Gasteiger partial charge in [-0.15, -0.1) is 0 Å². The Bertz CT molecular complexity index is 839. The second-order valence-electron chi connectivity index (χ2n) is 7.26. The molecule has 0 spiro atoms. The number of aliphatic hydroxyl groups excluding tert-OH is 1. The van der Waals surface area contributed by atoms with Crippen molar-refractivity contribution in [3.63, 3.8) is 0 Å². The number of aromatic hydroxyl groups is 1. The third-order valence-corrected chi connectivity index (χ3v) is 5.18. The molecule has 1 fully saturated rings. The molecular weight excluding hydrogens is 360 g/mol. The number of phenols is 1. The van der Waals surface area contributed by atoms with Gasteiger partial charge in [0.25, 0.3) is 5.91 Å². The lowest BCUT2D eigenvalue weighted by atomic mass is 10.1. The lowest BCUT2D eigenvalue weighted by molar-refractivity contribution is 0.0798. The minimum atomic E-state index is -0.595. The molecule has 2 aliphatic rings. The molecule has 2 aromatic carbocycles. The number of benzene rings is 2. The fraction of sp³-hybridized carbons (Fsp3) is 0.381. The summed E-state index contributed by atoms with van der Waals surface area (Å²) in [6.45, 7) is 2.35. The number of phenolic OH excluding ortho intramolecular Hbond substituents is 1. The Morgan fingerprint density at radius 2 is 1.93 bits per heavy atom. The molecule has 2 heterocycles. The van der Waals surface area contributed by atoms with Crippen LogP contribution >= 0.6 is 0 Å². The number of ether oxygens (including phenoxy) is 2. The van der Waals surface area contributed by atoms with Crippen LogP contribution in [0.5, 0.6) is 17.2 Å². The monoisotopic (exact) mass is 384 g/mol. The first-order valence-electron chi connectivity index (χ1n) is 9.47. The predicted molar refractivity (Wildman–Crippen MR) is 102 cm³/mol. The van der Waals surface area contributed by atoms with E-state index >= 15 is 0 Å². The van der Waals surface area contributed by atoms with Crippen LogP contribution in [0.25, 0.3) is 0 Å². The summed E-state index contributed by atoms with van der Waals surface area (Å²) in [5.74, 6) is 1.37. The van der Waals surface area contributed by atoms with Crippen molar-refractivity contribution >= 4 is 5.91 Å². The predicted octanol–water partition coefficient (Wildman–Crippen LogP) is 1.88. The van der Waals surface area contributed by atoms with Crippen molar-refractivity contribution in [3.8, 4) is 17.2 Å². The Kier molecular flexibility index (Phi) is 5.36. The van der Waals surface area contributed by atoms with Crippen LogP contribution in [-0.4, -0.2) is 53.0 Å². The Balaban J connectivity index is 1.42. The van der Waals surface area contributed by atoms with Crippen LogP contribution in [0.15, 0.2) is 42.5 Å². The third kappa shape index (κ3) is 4.21. The Labute approximate surface area is 163 Å². The molecule has 4 rings (SSSR count). The lowest BCUT2D eigenvalue weighted by Crippen LogP contribution is -2.48. The van der Waals surface area contributed by atoms with Gasteiger partial charge in [0.05, 0.1) is 12.1 Å². The number of hydrogen-bond donors (Lipinski definition) is 3. The molecule has 2 atom stereocenters. The minimum Gasteiger partial charge on any atom is -0.508 e. The molecule has 0 bridgehead atoms. The van der Waals surface area contributed by atoms with Crippen molar-refractivity contribution < 1.29 is 24.5 Å². The molecule has 1 amide bonds. The number of fused-ring (bicyclic) bond motifs is 1. The quantitative estimate of drug-likeness (QED) is 0.746. The van der Waals surface area contributed by atoms with Gasteiger partial charge in [0.1, 0.15) is 5.75 Å². The molecule has 1 saturated heterocycles. The van der Waals surface area contributed by atoms with Gasteiger partial charge in [-0.25, -0.2) is 0 Å². The van der Waals surface area contributed by atoms with E-state index in [1.165, 1.54) is 12.1 Å². The van der Waals surface area contributed by atoms with Crippen LogP contribution in [0, 0.1) is 0 Å². The summed E-state index contributed by atoms with van der Waals surface area (Å²) in [5, 5.41) is 22.8. The normalized spacial score (nSPS) is 21.9. The maximum Gasteiger partial charge on any atom is 0.251 e. The third-order valence-electron chi connectivity index (χ3n) is 5.18. The zero-order valence-electron chi connectivity index (χ0n) is 15.5. The maximum atomic E-state index is 12.5. The van der Waals surface area contributed by atoms with Crippen LogP contribution in [0.2, 0.25) is 0 Å². The topological polar surface area (TPSA) is 91.3 Å². The van der Waals surface area contributed by atoms with E-state index in [1.54, 1.807) is 12.1 Å². The number of aliphatic hydroxyl groups is 1. The van der Waals surface area contributed by atoms with Gasteiger partial charge in [-0.2, -0.15) is 0 Å². The number of likely N-dealkylation sites (tertiary alicyclic amines) is 1. The van der Waals surface area contributed by atoms with Crippen molar-refractivity contribution in [2.45, 2.75) is 31.5 Å². The Morgan fingerprint density at radius 1 is 1.14 bits per heavy atom. The fourth-order valence-corrected chi connectivity index (χ4v) is 3.66. The Hall–Kier alpha value is -2.77. The van der Waals surface area contributed by atoms with Gasteiger partial charge < -0.3 is 25.0 Å². The van der Waals surface area contributed by atoms with Gasteiger partial charge in [0.15, 0.2) is 11.5 Å². The molecule has 0 aromatic heterocycles. The van der Waals surface area contributed by atoms with E-state index in [0.29, 0.717) is 25.1 Å². The molecule has 2 aliphatic heterocycles. The number of rotatable bonds is 4. The van der Waals surface area contributed by atoms with Gasteiger partial charge in [-0.05, 0) is 61.3 Å². The van der Waals surface area contributed by atoms with Gasteiger partial charge >= 0.3 is 0 Å². The molecule has 3 N–H and O–H groups in total. The zero-order valence-corrected chi connectivity index (χ0v) is 15.5. The molecule has 28 heavy (non-hydrogen) atoms. The van der Waals surface area contributed by atoms with Gasteiger partial charge in [-0.3, -0.25) is 9.69 Å². The average molecular weight is 384 g/mol. The number of carbonyl (C=O) groups is 1. The van der Waals surface area contributed by atoms with E-state index in [2.05, 4.69) is 10.2 Å². The zero-order chi connectivity index (χ0) is 19.5. The van der Waals surface area contributed by atoms with E-state index in [9.17, 15) is 15.0 Å². The van der Waals surface area contributed by atoms with E-state index < -0.39 is 6.10 Å². The summed E-state index contributed by atoms with van der Waals surface area (Å²) >= 11 is 0. The first-order valence-corrected chi connectivity index (χ1v) is 9.47. The van der Waals surface area contributed by atoms with E-state index in [-0.39, 0.29) is 24.5 Å². The van der Waals surface area contributed by atoms with E-state index in [1.807, 2.05) is 18.2 Å². The molecule has 7 nitrogen and oxygen atoms in total. The van der Waals surface area contributed by atoms with Crippen molar-refractivity contribution in [3.05, 3.63) is 53.6 Å². The van der Waals surface area contributed by atoms with Crippen molar-refractivity contribution in [1.82, 2.24) is 10.2 Å². The first-order chi connectivity index (χ1) is 13.6. The molecule has 2 aromatic rings. The highest BCUT2D eigenvalue weighted by Crippen LogP contribution is 2.33. The molecule has 0 radical (unpaired) electrons. The molecule has 148 valence electrons. The van der Waals surface area contributed by atoms with Crippen LogP contribution in [0.4, 0.5) is 0 Å². The highest BCUT2D eigenvalue weighted by Gasteiger charge is 2.27. The summed E-state index contributed by atoms with van der Waals surface area (Å²) in [6.07, 6.45) is 0.901. The van der Waals surface area contributed by atoms with Crippen LogP contribution in [0.1, 0.15) is 28.8 Å². The molecule has 0 aliphatic carbocycles. The largest absolute Gasteiger partial charge is 0.508 e. The summed E-state index contributed by atoms with van der Waals surface area (Å²) in [7, 11) is 0. The van der Waals surface area contributed by atoms with Crippen molar-refractivity contribution in [2.24, 2.45) is 0 Å². The average Bonchev–Trinajstić information content (AvgIpc) is 3.08. The highest BCUT2D eigenvalue weighted by molar-refractivity contribution is 5.94. The lowest BCUT2D eigenvalue weighted by Gasteiger charge is -2.27. The highest BCUT2D eigenvalue weighted by atomic mass is 16.7.